The second-order valence-corrected chi connectivity index (χ2v) is 5.56. The molecule has 0 aliphatic carbocycles. The summed E-state index contributed by atoms with van der Waals surface area (Å²) in [6.45, 7) is 5.11. The summed E-state index contributed by atoms with van der Waals surface area (Å²) in [5, 5.41) is 10.1. The van der Waals surface area contributed by atoms with Gasteiger partial charge >= 0.3 is 0 Å². The maximum atomic E-state index is 10.1. The Morgan fingerprint density at radius 3 is 2.94 bits per heavy atom. The Bertz CT molecular complexity index is 405. The minimum atomic E-state index is 0.452. The highest BCUT2D eigenvalue weighted by Gasteiger charge is 2.21. The number of benzene rings is 1. The number of phenolic OH excluding ortho intramolecular Hbond substituents is 1. The number of phenols is 1. The Hall–Kier alpha value is -1.06. The van der Waals surface area contributed by atoms with E-state index in [1.165, 1.54) is 19.4 Å². The van der Waals surface area contributed by atoms with Crippen molar-refractivity contribution in [3.63, 3.8) is 0 Å². The second-order valence-electron chi connectivity index (χ2n) is 5.56. The molecule has 1 saturated heterocycles. The molecule has 2 rings (SSSR count). The third-order valence-electron chi connectivity index (χ3n) is 3.96. The highest BCUT2D eigenvalue weighted by Crippen LogP contribution is 2.24. The molecule has 1 N–H and O–H groups in total. The fourth-order valence-electron chi connectivity index (χ4n) is 2.74. The van der Waals surface area contributed by atoms with Crippen LogP contribution in [-0.4, -0.2) is 48.1 Å². The van der Waals surface area contributed by atoms with Crippen LogP contribution in [-0.2, 0) is 6.54 Å². The van der Waals surface area contributed by atoms with E-state index >= 15 is 0 Å². The van der Waals surface area contributed by atoms with E-state index in [2.05, 4.69) is 23.9 Å². The lowest BCUT2D eigenvalue weighted by Gasteiger charge is -2.36. The molecular formula is C15H24N2O. The summed E-state index contributed by atoms with van der Waals surface area (Å²) in [6, 6.07) is 6.59. The first kappa shape index (κ1) is 13.4. The number of nitrogens with zero attached hydrogens (tertiary/aromatic N) is 2. The Morgan fingerprint density at radius 1 is 1.44 bits per heavy atom. The van der Waals surface area contributed by atoms with Gasteiger partial charge in [-0.3, -0.25) is 4.90 Å². The third kappa shape index (κ3) is 3.03. The van der Waals surface area contributed by atoms with Gasteiger partial charge in [0.1, 0.15) is 5.75 Å². The van der Waals surface area contributed by atoms with E-state index in [0.717, 1.165) is 24.2 Å². The van der Waals surface area contributed by atoms with E-state index in [1.807, 2.05) is 25.1 Å². The first-order chi connectivity index (χ1) is 8.58. The molecule has 1 atom stereocenters. The van der Waals surface area contributed by atoms with Gasteiger partial charge in [0, 0.05) is 24.7 Å². The van der Waals surface area contributed by atoms with Crippen LogP contribution in [0, 0.1) is 6.92 Å². The molecule has 0 radical (unpaired) electrons. The molecule has 3 heteroatoms. The van der Waals surface area contributed by atoms with Crippen LogP contribution >= 0.6 is 0 Å². The van der Waals surface area contributed by atoms with Crippen molar-refractivity contribution in [3.8, 4) is 5.75 Å². The van der Waals surface area contributed by atoms with Gasteiger partial charge in [-0.15, -0.1) is 0 Å². The molecule has 1 aliphatic heterocycles. The molecule has 1 heterocycles. The van der Waals surface area contributed by atoms with E-state index in [-0.39, 0.29) is 0 Å². The Balaban J connectivity index is 2.02. The lowest BCUT2D eigenvalue weighted by atomic mass is 10.0. The minimum Gasteiger partial charge on any atom is -0.507 e. The van der Waals surface area contributed by atoms with Crippen molar-refractivity contribution >= 4 is 0 Å². The fraction of sp³-hybridized carbons (Fsp3) is 0.600. The van der Waals surface area contributed by atoms with Crippen LogP contribution in [0.5, 0.6) is 5.75 Å². The van der Waals surface area contributed by atoms with E-state index in [0.29, 0.717) is 11.8 Å². The summed E-state index contributed by atoms with van der Waals surface area (Å²) in [7, 11) is 4.34. The van der Waals surface area contributed by atoms with Crippen molar-refractivity contribution in [1.29, 1.82) is 0 Å². The van der Waals surface area contributed by atoms with Crippen molar-refractivity contribution in [2.24, 2.45) is 0 Å². The number of likely N-dealkylation sites (N-methyl/N-ethyl adjacent to an activating group) is 2. The van der Waals surface area contributed by atoms with Crippen molar-refractivity contribution < 1.29 is 5.11 Å². The van der Waals surface area contributed by atoms with Gasteiger partial charge in [0.15, 0.2) is 0 Å². The van der Waals surface area contributed by atoms with Crippen LogP contribution in [0.4, 0.5) is 0 Å². The molecule has 0 aromatic heterocycles. The number of likely N-dealkylation sites (tertiary alicyclic amines) is 1. The van der Waals surface area contributed by atoms with Crippen LogP contribution in [0.25, 0.3) is 0 Å². The number of hydrogen-bond acceptors (Lipinski definition) is 3. The Kier molecular flexibility index (Phi) is 4.25. The van der Waals surface area contributed by atoms with Gasteiger partial charge in [0.2, 0.25) is 0 Å². The maximum Gasteiger partial charge on any atom is 0.122 e. The van der Waals surface area contributed by atoms with E-state index in [9.17, 15) is 5.11 Å². The highest BCUT2D eigenvalue weighted by atomic mass is 16.3. The van der Waals surface area contributed by atoms with Gasteiger partial charge in [-0.05, 0) is 46.0 Å². The third-order valence-corrected chi connectivity index (χ3v) is 3.96. The molecule has 0 spiro atoms. The van der Waals surface area contributed by atoms with Crippen molar-refractivity contribution in [1.82, 2.24) is 9.80 Å². The van der Waals surface area contributed by atoms with Crippen molar-refractivity contribution in [2.75, 3.05) is 27.2 Å². The summed E-state index contributed by atoms with van der Waals surface area (Å²) in [4.78, 5) is 4.75. The van der Waals surface area contributed by atoms with Crippen molar-refractivity contribution in [3.05, 3.63) is 29.3 Å². The van der Waals surface area contributed by atoms with E-state index < -0.39 is 0 Å². The zero-order valence-corrected chi connectivity index (χ0v) is 11.7. The van der Waals surface area contributed by atoms with Crippen LogP contribution in [0.2, 0.25) is 0 Å². The molecule has 0 saturated carbocycles. The average molecular weight is 248 g/mol. The first-order valence-corrected chi connectivity index (χ1v) is 6.74. The number of rotatable bonds is 3. The molecule has 0 amide bonds. The predicted octanol–water partition coefficient (Wildman–Crippen LogP) is 2.23. The van der Waals surface area contributed by atoms with Gasteiger partial charge in [0.05, 0.1) is 0 Å². The standard InChI is InChI=1S/C15H24N2O/c1-12-6-4-7-13(15(12)18)10-17(3)14-8-5-9-16(2)11-14/h4,6-7,14,18H,5,8-11H2,1-3H3. The summed E-state index contributed by atoms with van der Waals surface area (Å²) in [5.74, 6) is 0.452. The molecule has 1 unspecified atom stereocenters. The number of piperidine rings is 1. The van der Waals surface area contributed by atoms with Crippen molar-refractivity contribution in [2.45, 2.75) is 32.4 Å². The van der Waals surface area contributed by atoms with Gasteiger partial charge in [-0.25, -0.2) is 0 Å². The summed E-state index contributed by atoms with van der Waals surface area (Å²) < 4.78 is 0. The monoisotopic (exact) mass is 248 g/mol. The number of aromatic hydroxyl groups is 1. The van der Waals surface area contributed by atoms with Crippen LogP contribution in [0.3, 0.4) is 0 Å². The zero-order valence-electron chi connectivity index (χ0n) is 11.7. The number of para-hydroxylation sites is 1. The highest BCUT2D eigenvalue weighted by molar-refractivity contribution is 5.39. The molecule has 1 aromatic carbocycles. The molecule has 3 nitrogen and oxygen atoms in total. The molecule has 18 heavy (non-hydrogen) atoms. The van der Waals surface area contributed by atoms with Gasteiger partial charge in [0.25, 0.3) is 0 Å². The smallest absolute Gasteiger partial charge is 0.122 e. The molecule has 1 fully saturated rings. The Morgan fingerprint density at radius 2 is 2.22 bits per heavy atom. The topological polar surface area (TPSA) is 26.7 Å². The van der Waals surface area contributed by atoms with Crippen LogP contribution < -0.4 is 0 Å². The molecule has 1 aliphatic rings. The minimum absolute atomic E-state index is 0.452. The normalized spacial score (nSPS) is 21.4. The summed E-state index contributed by atoms with van der Waals surface area (Å²) >= 11 is 0. The molecule has 0 bridgehead atoms. The number of aryl methyl sites for hydroxylation is 1. The lowest BCUT2D eigenvalue weighted by Crippen LogP contribution is -2.44. The maximum absolute atomic E-state index is 10.1. The van der Waals surface area contributed by atoms with Gasteiger partial charge in [-0.1, -0.05) is 18.2 Å². The van der Waals surface area contributed by atoms with Crippen LogP contribution in [0.1, 0.15) is 24.0 Å². The molecule has 100 valence electrons. The molecular weight excluding hydrogens is 224 g/mol. The number of hydrogen-bond donors (Lipinski definition) is 1. The van der Waals surface area contributed by atoms with Gasteiger partial charge in [-0.2, -0.15) is 0 Å². The summed E-state index contributed by atoms with van der Waals surface area (Å²) in [6.07, 6.45) is 2.53. The quantitative estimate of drug-likeness (QED) is 0.888. The predicted molar refractivity (Wildman–Crippen MR) is 74.8 cm³/mol. The molecule has 1 aromatic rings. The average Bonchev–Trinajstić information content (AvgIpc) is 2.35. The largest absolute Gasteiger partial charge is 0.507 e. The van der Waals surface area contributed by atoms with E-state index in [1.54, 1.807) is 0 Å². The second kappa shape index (κ2) is 5.72. The lowest BCUT2D eigenvalue weighted by molar-refractivity contribution is 0.128. The first-order valence-electron chi connectivity index (χ1n) is 6.74. The zero-order chi connectivity index (χ0) is 13.1. The van der Waals surface area contributed by atoms with Crippen LogP contribution in [0.15, 0.2) is 18.2 Å². The van der Waals surface area contributed by atoms with E-state index in [4.69, 9.17) is 0 Å². The SMILES string of the molecule is Cc1cccc(CN(C)C2CCCN(C)C2)c1O. The Labute approximate surface area is 110 Å². The summed E-state index contributed by atoms with van der Waals surface area (Å²) in [5.41, 5.74) is 1.99. The fourth-order valence-corrected chi connectivity index (χ4v) is 2.74. The van der Waals surface area contributed by atoms with Gasteiger partial charge < -0.3 is 10.0 Å².